The Hall–Kier alpha value is -2.09. The van der Waals surface area contributed by atoms with Crippen LogP contribution in [0.5, 0.6) is 0 Å². The molecule has 0 aromatic rings. The van der Waals surface area contributed by atoms with E-state index < -0.39 is 36.8 Å². The molecule has 0 rings (SSSR count). The molecule has 0 aromatic heterocycles. The van der Waals surface area contributed by atoms with Crippen molar-refractivity contribution in [2.45, 2.75) is 12.4 Å². The lowest BCUT2D eigenvalue weighted by atomic mass is 10.7. The zero-order chi connectivity index (χ0) is 16.0. The zero-order valence-electron chi connectivity index (χ0n) is 8.92. The first-order chi connectivity index (χ1) is 8.94. The molecule has 0 aliphatic carbocycles. The Bertz CT molecular complexity index is 345. The quantitative estimate of drug-likeness (QED) is 0.525. The SMILES string of the molecule is O=C(CNOC(=O)C(F)(F)F)ONOC(=O)C(F)(F)F. The molecule has 0 saturated heterocycles. The summed E-state index contributed by atoms with van der Waals surface area (Å²) in [6.45, 7) is -1.17. The largest absolute Gasteiger partial charge is 0.492 e. The van der Waals surface area contributed by atoms with Crippen molar-refractivity contribution in [1.82, 2.24) is 11.1 Å². The van der Waals surface area contributed by atoms with Gasteiger partial charge in [-0.1, -0.05) is 0 Å². The van der Waals surface area contributed by atoms with Gasteiger partial charge in [-0.15, -0.1) is 5.48 Å². The molecule has 0 spiro atoms. The van der Waals surface area contributed by atoms with E-state index in [9.17, 15) is 40.7 Å². The molecular weight excluding hydrogens is 310 g/mol. The highest BCUT2D eigenvalue weighted by Crippen LogP contribution is 2.16. The summed E-state index contributed by atoms with van der Waals surface area (Å²) in [5.74, 6) is -6.95. The van der Waals surface area contributed by atoms with Crippen LogP contribution >= 0.6 is 0 Å². The number of carbonyl (C=O) groups excluding carboxylic acids is 3. The predicted molar refractivity (Wildman–Crippen MR) is 41.5 cm³/mol. The van der Waals surface area contributed by atoms with E-state index in [1.54, 1.807) is 0 Å². The molecule has 14 heteroatoms. The second-order valence-corrected chi connectivity index (χ2v) is 2.65. The molecule has 116 valence electrons. The molecule has 0 aliphatic heterocycles. The highest BCUT2D eigenvalue weighted by Gasteiger charge is 2.42. The van der Waals surface area contributed by atoms with E-state index in [0.717, 1.165) is 5.64 Å². The maximum Gasteiger partial charge on any atom is 0.492 e. The Morgan fingerprint density at radius 3 is 1.70 bits per heavy atom. The number of nitrogens with one attached hydrogen (secondary N) is 2. The molecule has 0 unspecified atom stereocenters. The van der Waals surface area contributed by atoms with Crippen molar-refractivity contribution < 1.29 is 55.2 Å². The molecule has 0 fully saturated rings. The van der Waals surface area contributed by atoms with E-state index in [1.165, 1.54) is 5.48 Å². The molecule has 0 bridgehead atoms. The van der Waals surface area contributed by atoms with Gasteiger partial charge in [0.05, 0.1) is 0 Å². The monoisotopic (exact) mass is 314 g/mol. The van der Waals surface area contributed by atoms with E-state index in [2.05, 4.69) is 14.5 Å². The van der Waals surface area contributed by atoms with Crippen LogP contribution in [-0.4, -0.2) is 36.8 Å². The second kappa shape index (κ2) is 6.90. The first kappa shape index (κ1) is 17.9. The van der Waals surface area contributed by atoms with E-state index in [1.807, 2.05) is 0 Å². The van der Waals surface area contributed by atoms with Crippen LogP contribution in [0.15, 0.2) is 0 Å². The van der Waals surface area contributed by atoms with Gasteiger partial charge in [0.15, 0.2) is 0 Å². The highest BCUT2D eigenvalue weighted by atomic mass is 19.4. The lowest BCUT2D eigenvalue weighted by Crippen LogP contribution is -2.37. The van der Waals surface area contributed by atoms with Gasteiger partial charge in [0.25, 0.3) is 0 Å². The molecule has 0 heterocycles. The molecule has 0 aliphatic rings. The Labute approximate surface area is 104 Å². The lowest BCUT2D eigenvalue weighted by molar-refractivity contribution is -0.234. The zero-order valence-corrected chi connectivity index (χ0v) is 8.92. The fourth-order valence-corrected chi connectivity index (χ4v) is 0.418. The standard InChI is InChI=1S/C6H4F6N2O6/c7-5(8,9)3(16)19-13-1-2(15)18-14-20-4(17)6(10,11)12/h13-14H,1H2. The Morgan fingerprint density at radius 2 is 1.25 bits per heavy atom. The number of halogens is 6. The fraction of sp³-hybridized carbons (Fsp3) is 0.500. The van der Waals surface area contributed by atoms with Gasteiger partial charge in [-0.3, -0.25) is 0 Å². The third kappa shape index (κ3) is 7.37. The lowest BCUT2D eigenvalue weighted by Gasteiger charge is -2.08. The first-order valence-corrected chi connectivity index (χ1v) is 4.18. The molecule has 8 nitrogen and oxygen atoms in total. The minimum Gasteiger partial charge on any atom is -0.363 e. The minimum atomic E-state index is -5.35. The van der Waals surface area contributed by atoms with Gasteiger partial charge in [-0.2, -0.15) is 26.3 Å². The van der Waals surface area contributed by atoms with Gasteiger partial charge in [-0.25, -0.2) is 14.4 Å². The van der Waals surface area contributed by atoms with Crippen LogP contribution in [-0.2, 0) is 28.9 Å². The first-order valence-electron chi connectivity index (χ1n) is 4.18. The van der Waals surface area contributed by atoms with Crippen molar-refractivity contribution in [3.8, 4) is 0 Å². The van der Waals surface area contributed by atoms with Crippen LogP contribution in [0.3, 0.4) is 0 Å². The van der Waals surface area contributed by atoms with Crippen LogP contribution in [0.25, 0.3) is 0 Å². The van der Waals surface area contributed by atoms with E-state index in [-0.39, 0.29) is 0 Å². The van der Waals surface area contributed by atoms with Gasteiger partial charge in [-0.05, 0) is 0 Å². The van der Waals surface area contributed by atoms with Crippen LogP contribution in [0, 0.1) is 0 Å². The predicted octanol–water partition coefficient (Wildman–Crippen LogP) is -0.335. The van der Waals surface area contributed by atoms with Gasteiger partial charge in [0.2, 0.25) is 0 Å². The second-order valence-electron chi connectivity index (χ2n) is 2.65. The molecule has 0 saturated carbocycles. The van der Waals surface area contributed by atoms with Gasteiger partial charge < -0.3 is 14.5 Å². The van der Waals surface area contributed by atoms with Crippen molar-refractivity contribution in [3.63, 3.8) is 0 Å². The smallest absolute Gasteiger partial charge is 0.363 e. The highest BCUT2D eigenvalue weighted by molar-refractivity contribution is 5.76. The van der Waals surface area contributed by atoms with E-state index in [0.29, 0.717) is 0 Å². The maximum atomic E-state index is 11.6. The van der Waals surface area contributed by atoms with Crippen LogP contribution in [0.1, 0.15) is 0 Å². The summed E-state index contributed by atoms with van der Waals surface area (Å²) in [5.41, 5.74) is 2.05. The number of hydroxylamine groups is 1. The van der Waals surface area contributed by atoms with Crippen molar-refractivity contribution in [3.05, 3.63) is 0 Å². The number of rotatable bonds is 5. The normalized spacial score (nSPS) is 11.7. The number of alkyl halides is 6. The van der Waals surface area contributed by atoms with Crippen molar-refractivity contribution >= 4 is 17.9 Å². The average Bonchev–Trinajstić information content (AvgIpc) is 2.26. The summed E-state index contributed by atoms with van der Waals surface area (Å²) in [4.78, 5) is 40.9. The summed E-state index contributed by atoms with van der Waals surface area (Å²) in [7, 11) is 0. The maximum absolute atomic E-state index is 11.6. The number of hydrogen-bond acceptors (Lipinski definition) is 8. The van der Waals surface area contributed by atoms with Crippen molar-refractivity contribution in [1.29, 1.82) is 0 Å². The molecular formula is C6H4F6N2O6. The average molecular weight is 314 g/mol. The van der Waals surface area contributed by atoms with Crippen LogP contribution < -0.4 is 11.1 Å². The molecule has 20 heavy (non-hydrogen) atoms. The Balaban J connectivity index is 3.82. The molecule has 0 amide bonds. The summed E-state index contributed by atoms with van der Waals surface area (Å²) in [5, 5.41) is 0. The summed E-state index contributed by atoms with van der Waals surface area (Å²) >= 11 is 0. The third-order valence-corrected chi connectivity index (χ3v) is 1.13. The van der Waals surface area contributed by atoms with E-state index >= 15 is 0 Å². The summed E-state index contributed by atoms with van der Waals surface area (Å²) in [6.07, 6.45) is -10.7. The topological polar surface area (TPSA) is 103 Å². The number of carbonyl (C=O) groups is 3. The van der Waals surface area contributed by atoms with Crippen LogP contribution in [0.2, 0.25) is 0 Å². The fourth-order valence-electron chi connectivity index (χ4n) is 0.418. The van der Waals surface area contributed by atoms with Crippen LogP contribution in [0.4, 0.5) is 26.3 Å². The summed E-state index contributed by atoms with van der Waals surface area (Å²) in [6, 6.07) is 0. The van der Waals surface area contributed by atoms with Gasteiger partial charge >= 0.3 is 30.3 Å². The van der Waals surface area contributed by atoms with Gasteiger partial charge in [0, 0.05) is 5.64 Å². The van der Waals surface area contributed by atoms with Crippen molar-refractivity contribution in [2.24, 2.45) is 0 Å². The third-order valence-electron chi connectivity index (χ3n) is 1.13. The Morgan fingerprint density at radius 1 is 0.800 bits per heavy atom. The molecule has 0 radical (unpaired) electrons. The minimum absolute atomic E-state index is 0.838. The van der Waals surface area contributed by atoms with E-state index in [4.69, 9.17) is 0 Å². The molecule has 0 atom stereocenters. The molecule has 0 aromatic carbocycles. The number of hydrogen-bond donors (Lipinski definition) is 2. The van der Waals surface area contributed by atoms with Crippen molar-refractivity contribution in [2.75, 3.05) is 6.54 Å². The summed E-state index contributed by atoms with van der Waals surface area (Å²) < 4.78 is 69.3. The Kier molecular flexibility index (Phi) is 6.18. The van der Waals surface area contributed by atoms with Gasteiger partial charge in [0.1, 0.15) is 6.54 Å². The molecule has 2 N–H and O–H groups in total.